The minimum absolute atomic E-state index is 0.413. The molecule has 2 N–H and O–H groups in total. The van der Waals surface area contributed by atoms with E-state index in [2.05, 4.69) is 15.5 Å². The number of hydrogen-bond acceptors (Lipinski definition) is 4. The van der Waals surface area contributed by atoms with E-state index in [1.165, 1.54) is 32.4 Å². The van der Waals surface area contributed by atoms with Gasteiger partial charge in [-0.2, -0.15) is 0 Å². The van der Waals surface area contributed by atoms with Crippen LogP contribution < -0.4 is 5.62 Å². The lowest BCUT2D eigenvalue weighted by atomic mass is 10.1. The van der Waals surface area contributed by atoms with E-state index >= 15 is 0 Å². The van der Waals surface area contributed by atoms with Crippen LogP contribution in [0.1, 0.15) is 30.2 Å². The molecule has 2 aromatic heterocycles. The van der Waals surface area contributed by atoms with E-state index in [9.17, 15) is 5.11 Å². The molecule has 0 saturated carbocycles. The summed E-state index contributed by atoms with van der Waals surface area (Å²) in [7, 11) is 0. The van der Waals surface area contributed by atoms with Crippen molar-refractivity contribution in [1.29, 1.82) is 5.41 Å². The third-order valence-electron chi connectivity index (χ3n) is 5.29. The molecule has 138 valence electrons. The smallest absolute Gasteiger partial charge is 0.203 e. The van der Waals surface area contributed by atoms with Crippen LogP contribution in [-0.4, -0.2) is 38.8 Å². The highest BCUT2D eigenvalue weighted by atomic mass is 32.1. The van der Waals surface area contributed by atoms with Gasteiger partial charge < -0.3 is 19.1 Å². The van der Waals surface area contributed by atoms with Gasteiger partial charge in [-0.25, -0.2) is 0 Å². The first-order valence-corrected chi connectivity index (χ1v) is 10.3. The molecule has 1 aromatic carbocycles. The Morgan fingerprint density at radius 1 is 0.962 bits per heavy atom. The summed E-state index contributed by atoms with van der Waals surface area (Å²) in [5, 5.41) is 21.3. The summed E-state index contributed by atoms with van der Waals surface area (Å²) in [5.41, 5.74) is 2.57. The van der Waals surface area contributed by atoms with Crippen molar-refractivity contribution in [2.75, 3.05) is 19.6 Å². The highest BCUT2D eigenvalue weighted by Gasteiger charge is 2.17. The van der Waals surface area contributed by atoms with Crippen molar-refractivity contribution < 1.29 is 5.11 Å². The molecule has 5 nitrogen and oxygen atoms in total. The van der Waals surface area contributed by atoms with Gasteiger partial charge in [0.25, 0.3) is 0 Å². The average Bonchev–Trinajstić information content (AvgIpc) is 3.29. The zero-order valence-electron chi connectivity index (χ0n) is 15.0. The predicted molar refractivity (Wildman–Crippen MR) is 105 cm³/mol. The maximum Gasteiger partial charge on any atom is 0.203 e. The van der Waals surface area contributed by atoms with Gasteiger partial charge in [-0.05, 0) is 49.5 Å². The van der Waals surface area contributed by atoms with Crippen LogP contribution in [0.25, 0.3) is 11.0 Å². The second-order valence-electron chi connectivity index (χ2n) is 7.01. The summed E-state index contributed by atoms with van der Waals surface area (Å²) in [5.74, 6) is 0. The highest BCUT2D eigenvalue weighted by molar-refractivity contribution is 7.10. The molecule has 1 atom stereocenters. The molecule has 26 heavy (non-hydrogen) atoms. The fourth-order valence-corrected chi connectivity index (χ4v) is 4.58. The minimum Gasteiger partial charge on any atom is -0.386 e. The normalized spacial score (nSPS) is 17.0. The SMILES string of the molecule is N=c1n(CCN2CCCCC2)c2ccccc2n1C[C@@H](O)c1cccs1. The zero-order valence-corrected chi connectivity index (χ0v) is 15.8. The van der Waals surface area contributed by atoms with Crippen LogP contribution in [0.5, 0.6) is 0 Å². The highest BCUT2D eigenvalue weighted by Crippen LogP contribution is 2.22. The number of imidazole rings is 1. The summed E-state index contributed by atoms with van der Waals surface area (Å²) in [6.45, 7) is 4.56. The lowest BCUT2D eigenvalue weighted by molar-refractivity contribution is 0.159. The zero-order chi connectivity index (χ0) is 17.9. The maximum absolute atomic E-state index is 10.6. The molecule has 6 heteroatoms. The van der Waals surface area contributed by atoms with Gasteiger partial charge in [-0.15, -0.1) is 11.3 Å². The average molecular weight is 371 g/mol. The number of para-hydroxylation sites is 2. The Morgan fingerprint density at radius 3 is 2.38 bits per heavy atom. The van der Waals surface area contributed by atoms with Gasteiger partial charge in [0.05, 0.1) is 17.6 Å². The first-order chi connectivity index (χ1) is 12.7. The molecular weight excluding hydrogens is 344 g/mol. The third-order valence-corrected chi connectivity index (χ3v) is 6.26. The van der Waals surface area contributed by atoms with Crippen molar-refractivity contribution in [2.24, 2.45) is 0 Å². The first-order valence-electron chi connectivity index (χ1n) is 9.40. The maximum atomic E-state index is 10.6. The second-order valence-corrected chi connectivity index (χ2v) is 7.99. The van der Waals surface area contributed by atoms with E-state index in [0.29, 0.717) is 12.2 Å². The van der Waals surface area contributed by atoms with Gasteiger partial charge in [-0.3, -0.25) is 5.41 Å². The van der Waals surface area contributed by atoms with Crippen molar-refractivity contribution in [2.45, 2.75) is 38.5 Å². The molecule has 0 unspecified atom stereocenters. The van der Waals surface area contributed by atoms with Crippen molar-refractivity contribution in [3.63, 3.8) is 0 Å². The number of aliphatic hydroxyl groups excluding tert-OH is 1. The topological polar surface area (TPSA) is 57.2 Å². The minimum atomic E-state index is -0.578. The molecule has 1 saturated heterocycles. The number of rotatable bonds is 6. The van der Waals surface area contributed by atoms with Crippen LogP contribution in [0.3, 0.4) is 0 Å². The number of fused-ring (bicyclic) bond motifs is 1. The van der Waals surface area contributed by atoms with Crippen LogP contribution in [0, 0.1) is 5.41 Å². The van der Waals surface area contributed by atoms with Crippen molar-refractivity contribution >= 4 is 22.4 Å². The van der Waals surface area contributed by atoms with Gasteiger partial charge in [-0.1, -0.05) is 24.6 Å². The van der Waals surface area contributed by atoms with E-state index in [-0.39, 0.29) is 0 Å². The van der Waals surface area contributed by atoms with E-state index in [1.807, 2.05) is 40.3 Å². The van der Waals surface area contributed by atoms with E-state index < -0.39 is 6.10 Å². The summed E-state index contributed by atoms with van der Waals surface area (Å²) in [6.07, 6.45) is 3.33. The summed E-state index contributed by atoms with van der Waals surface area (Å²) in [6, 6.07) is 12.1. The second kappa shape index (κ2) is 7.78. The largest absolute Gasteiger partial charge is 0.386 e. The number of nitrogens with zero attached hydrogens (tertiary/aromatic N) is 3. The molecule has 1 aliphatic heterocycles. The molecule has 3 aromatic rings. The number of likely N-dealkylation sites (tertiary alicyclic amines) is 1. The van der Waals surface area contributed by atoms with Crippen LogP contribution in [0.15, 0.2) is 41.8 Å². The van der Waals surface area contributed by atoms with Crippen LogP contribution >= 0.6 is 11.3 Å². The quantitative estimate of drug-likeness (QED) is 0.700. The summed E-state index contributed by atoms with van der Waals surface area (Å²) < 4.78 is 4.03. The fraction of sp³-hybridized carbons (Fsp3) is 0.450. The van der Waals surface area contributed by atoms with Crippen molar-refractivity contribution in [3.05, 3.63) is 52.3 Å². The number of thiophene rings is 1. The Bertz CT molecular complexity index is 906. The summed E-state index contributed by atoms with van der Waals surface area (Å²) in [4.78, 5) is 3.45. The fourth-order valence-electron chi connectivity index (χ4n) is 3.87. The Morgan fingerprint density at radius 2 is 1.69 bits per heavy atom. The molecule has 0 radical (unpaired) electrons. The van der Waals surface area contributed by atoms with E-state index in [1.54, 1.807) is 11.3 Å². The third kappa shape index (κ3) is 3.49. The predicted octanol–water partition coefficient (Wildman–Crippen LogP) is 3.20. The van der Waals surface area contributed by atoms with Crippen LogP contribution in [0.2, 0.25) is 0 Å². The Labute approximate surface area is 157 Å². The van der Waals surface area contributed by atoms with Crippen molar-refractivity contribution in [1.82, 2.24) is 14.0 Å². The lowest BCUT2D eigenvalue weighted by Gasteiger charge is -2.26. The molecule has 0 amide bonds. The van der Waals surface area contributed by atoms with Gasteiger partial charge >= 0.3 is 0 Å². The Hall–Kier alpha value is -1.89. The van der Waals surface area contributed by atoms with E-state index in [4.69, 9.17) is 5.41 Å². The molecule has 1 fully saturated rings. The molecule has 0 bridgehead atoms. The molecule has 4 rings (SSSR count). The number of hydrogen-bond donors (Lipinski definition) is 2. The van der Waals surface area contributed by atoms with Gasteiger partial charge in [0, 0.05) is 18.0 Å². The Kier molecular flexibility index (Phi) is 5.24. The molecule has 0 aliphatic carbocycles. The Balaban J connectivity index is 1.61. The van der Waals surface area contributed by atoms with Gasteiger partial charge in [0.1, 0.15) is 6.10 Å². The number of nitrogens with one attached hydrogen (secondary N) is 1. The van der Waals surface area contributed by atoms with Crippen molar-refractivity contribution in [3.8, 4) is 0 Å². The van der Waals surface area contributed by atoms with Gasteiger partial charge in [0.2, 0.25) is 5.62 Å². The summed E-state index contributed by atoms with van der Waals surface area (Å²) >= 11 is 1.56. The molecular formula is C20H26N4OS. The molecule has 3 heterocycles. The van der Waals surface area contributed by atoms with Crippen LogP contribution in [0.4, 0.5) is 0 Å². The number of piperidine rings is 1. The van der Waals surface area contributed by atoms with E-state index in [0.717, 1.165) is 29.0 Å². The van der Waals surface area contributed by atoms with Gasteiger partial charge in [0.15, 0.2) is 0 Å². The first kappa shape index (κ1) is 17.5. The molecule has 0 spiro atoms. The number of benzene rings is 1. The van der Waals surface area contributed by atoms with Crippen LogP contribution in [-0.2, 0) is 13.1 Å². The lowest BCUT2D eigenvalue weighted by Crippen LogP contribution is -2.35. The molecule has 1 aliphatic rings. The monoisotopic (exact) mass is 370 g/mol. The number of aliphatic hydroxyl groups is 1. The standard InChI is InChI=1S/C20H26N4OS/c21-20-23(13-12-22-10-4-1-5-11-22)16-7-2-3-8-17(16)24(20)15-18(25)19-9-6-14-26-19/h2-3,6-9,14,18,21,25H,1,4-5,10-13,15H2/t18-/m1/s1. The number of aromatic nitrogens is 2.